The van der Waals surface area contributed by atoms with Crippen LogP contribution in [0.15, 0.2) is 47.3 Å². The average Bonchev–Trinajstić information content (AvgIpc) is 3.17. The number of nitrogens with one attached hydrogen (secondary N) is 2. The van der Waals surface area contributed by atoms with Crippen LogP contribution >= 0.6 is 0 Å². The van der Waals surface area contributed by atoms with E-state index in [1.54, 1.807) is 31.6 Å². The number of aromatic nitrogens is 3. The highest BCUT2D eigenvalue weighted by atomic mass is 16.3. The number of pyridine rings is 1. The molecule has 3 rings (SSSR count). The SMILES string of the molecule is Cc1nc(-c2cccnc2)nc(N[C@@H](C)C(=O)NCc2ccco2)c1C. The number of hydrogen-bond donors (Lipinski definition) is 2. The van der Waals surface area contributed by atoms with E-state index in [0.717, 1.165) is 16.8 Å². The maximum absolute atomic E-state index is 12.3. The van der Waals surface area contributed by atoms with Gasteiger partial charge in [-0.25, -0.2) is 9.97 Å². The van der Waals surface area contributed by atoms with E-state index in [1.807, 2.05) is 32.0 Å². The van der Waals surface area contributed by atoms with E-state index in [1.165, 1.54) is 0 Å². The van der Waals surface area contributed by atoms with Crippen LogP contribution in [0.25, 0.3) is 11.4 Å². The lowest BCUT2D eigenvalue weighted by molar-refractivity contribution is -0.121. The van der Waals surface area contributed by atoms with Gasteiger partial charge >= 0.3 is 0 Å². The summed E-state index contributed by atoms with van der Waals surface area (Å²) in [6.07, 6.45) is 5.00. The molecule has 0 saturated carbocycles. The molecular formula is C19H21N5O2. The zero-order valence-corrected chi connectivity index (χ0v) is 15.0. The molecule has 134 valence electrons. The highest BCUT2D eigenvalue weighted by Gasteiger charge is 2.17. The number of aryl methyl sites for hydroxylation is 1. The Labute approximate surface area is 151 Å². The van der Waals surface area contributed by atoms with Crippen molar-refractivity contribution in [3.63, 3.8) is 0 Å². The molecular weight excluding hydrogens is 330 g/mol. The number of rotatable bonds is 6. The molecule has 3 aromatic rings. The Morgan fingerprint density at radius 3 is 2.77 bits per heavy atom. The van der Waals surface area contributed by atoms with Crippen molar-refractivity contribution in [3.8, 4) is 11.4 Å². The molecule has 0 aliphatic rings. The zero-order chi connectivity index (χ0) is 18.5. The first kappa shape index (κ1) is 17.6. The van der Waals surface area contributed by atoms with Gasteiger partial charge in [0.1, 0.15) is 17.6 Å². The molecule has 0 fully saturated rings. The van der Waals surface area contributed by atoms with E-state index in [2.05, 4.69) is 25.6 Å². The normalized spacial score (nSPS) is 11.8. The van der Waals surface area contributed by atoms with Gasteiger partial charge in [-0.15, -0.1) is 0 Å². The predicted octanol–water partition coefficient (Wildman–Crippen LogP) is 2.87. The third-order valence-corrected chi connectivity index (χ3v) is 4.07. The fourth-order valence-electron chi connectivity index (χ4n) is 2.40. The standard InChI is InChI=1S/C19H21N5O2/c1-12-13(2)22-18(15-6-4-8-20-10-15)24-17(12)23-14(3)19(25)21-11-16-7-5-9-26-16/h4-10,14H,11H2,1-3H3,(H,21,25)(H,22,23,24)/t14-/m0/s1. The quantitative estimate of drug-likeness (QED) is 0.709. The molecule has 0 radical (unpaired) electrons. The second-order valence-corrected chi connectivity index (χ2v) is 6.01. The number of hydrogen-bond acceptors (Lipinski definition) is 6. The Bertz CT molecular complexity index is 878. The van der Waals surface area contributed by atoms with Crippen molar-refractivity contribution in [3.05, 3.63) is 59.9 Å². The number of anilines is 1. The van der Waals surface area contributed by atoms with Crippen LogP contribution in [0, 0.1) is 13.8 Å². The minimum Gasteiger partial charge on any atom is -0.467 e. The van der Waals surface area contributed by atoms with Crippen molar-refractivity contribution in [1.82, 2.24) is 20.3 Å². The number of amides is 1. The summed E-state index contributed by atoms with van der Waals surface area (Å²) in [4.78, 5) is 25.5. The largest absolute Gasteiger partial charge is 0.467 e. The molecule has 0 saturated heterocycles. The summed E-state index contributed by atoms with van der Waals surface area (Å²) in [6.45, 7) is 5.99. The summed E-state index contributed by atoms with van der Waals surface area (Å²) in [5.74, 6) is 1.78. The summed E-state index contributed by atoms with van der Waals surface area (Å²) in [5, 5.41) is 6.01. The summed E-state index contributed by atoms with van der Waals surface area (Å²) in [7, 11) is 0. The molecule has 7 nitrogen and oxygen atoms in total. The van der Waals surface area contributed by atoms with Gasteiger partial charge < -0.3 is 15.1 Å². The van der Waals surface area contributed by atoms with E-state index in [0.29, 0.717) is 23.9 Å². The van der Waals surface area contributed by atoms with Crippen LogP contribution in [-0.4, -0.2) is 26.9 Å². The van der Waals surface area contributed by atoms with Crippen LogP contribution in [0.2, 0.25) is 0 Å². The Balaban J connectivity index is 1.73. The highest BCUT2D eigenvalue weighted by Crippen LogP contribution is 2.21. The van der Waals surface area contributed by atoms with Crippen LogP contribution in [0.3, 0.4) is 0 Å². The molecule has 3 aromatic heterocycles. The first-order valence-corrected chi connectivity index (χ1v) is 8.37. The lowest BCUT2D eigenvalue weighted by atomic mass is 10.2. The number of nitrogens with zero attached hydrogens (tertiary/aromatic N) is 3. The first-order chi connectivity index (χ1) is 12.5. The number of furan rings is 1. The maximum Gasteiger partial charge on any atom is 0.242 e. The molecule has 1 atom stereocenters. The first-order valence-electron chi connectivity index (χ1n) is 8.37. The Morgan fingerprint density at radius 1 is 1.23 bits per heavy atom. The van der Waals surface area contributed by atoms with Gasteiger partial charge in [-0.3, -0.25) is 9.78 Å². The highest BCUT2D eigenvalue weighted by molar-refractivity contribution is 5.84. The van der Waals surface area contributed by atoms with Crippen molar-refractivity contribution >= 4 is 11.7 Å². The Kier molecular flexibility index (Phi) is 5.26. The van der Waals surface area contributed by atoms with Gasteiger partial charge in [0.15, 0.2) is 5.82 Å². The van der Waals surface area contributed by atoms with Gasteiger partial charge in [-0.05, 0) is 45.0 Å². The fraction of sp³-hybridized carbons (Fsp3) is 0.263. The second-order valence-electron chi connectivity index (χ2n) is 6.01. The topological polar surface area (TPSA) is 92.9 Å². The van der Waals surface area contributed by atoms with E-state index < -0.39 is 6.04 Å². The van der Waals surface area contributed by atoms with Gasteiger partial charge in [0.2, 0.25) is 5.91 Å². The lowest BCUT2D eigenvalue weighted by Gasteiger charge is -2.17. The minimum atomic E-state index is -0.459. The van der Waals surface area contributed by atoms with E-state index >= 15 is 0 Å². The molecule has 1 amide bonds. The fourth-order valence-corrected chi connectivity index (χ4v) is 2.40. The summed E-state index contributed by atoms with van der Waals surface area (Å²) in [6, 6.07) is 6.89. The van der Waals surface area contributed by atoms with Crippen LogP contribution in [-0.2, 0) is 11.3 Å². The van der Waals surface area contributed by atoms with Crippen molar-refractivity contribution in [2.75, 3.05) is 5.32 Å². The minimum absolute atomic E-state index is 0.139. The van der Waals surface area contributed by atoms with Crippen LogP contribution in [0.4, 0.5) is 5.82 Å². The molecule has 0 aromatic carbocycles. The third-order valence-electron chi connectivity index (χ3n) is 4.07. The van der Waals surface area contributed by atoms with Crippen molar-refractivity contribution in [2.45, 2.75) is 33.4 Å². The summed E-state index contributed by atoms with van der Waals surface area (Å²) >= 11 is 0. The zero-order valence-electron chi connectivity index (χ0n) is 15.0. The van der Waals surface area contributed by atoms with Gasteiger partial charge in [0.25, 0.3) is 0 Å². The number of carbonyl (C=O) groups is 1. The molecule has 7 heteroatoms. The summed E-state index contributed by atoms with van der Waals surface area (Å²) < 4.78 is 5.22. The van der Waals surface area contributed by atoms with Gasteiger partial charge in [-0.1, -0.05) is 0 Å². The molecule has 26 heavy (non-hydrogen) atoms. The molecule has 3 heterocycles. The van der Waals surface area contributed by atoms with Crippen molar-refractivity contribution in [1.29, 1.82) is 0 Å². The number of carbonyl (C=O) groups excluding carboxylic acids is 1. The van der Waals surface area contributed by atoms with E-state index in [4.69, 9.17) is 4.42 Å². The van der Waals surface area contributed by atoms with Crippen LogP contribution in [0.5, 0.6) is 0 Å². The molecule has 0 aliphatic carbocycles. The van der Waals surface area contributed by atoms with Gasteiger partial charge in [0, 0.05) is 29.2 Å². The molecule has 0 spiro atoms. The lowest BCUT2D eigenvalue weighted by Crippen LogP contribution is -2.37. The van der Waals surface area contributed by atoms with Crippen LogP contribution < -0.4 is 10.6 Å². The Morgan fingerprint density at radius 2 is 2.08 bits per heavy atom. The molecule has 2 N–H and O–H groups in total. The van der Waals surface area contributed by atoms with Crippen molar-refractivity contribution in [2.24, 2.45) is 0 Å². The van der Waals surface area contributed by atoms with Crippen LogP contribution in [0.1, 0.15) is 23.9 Å². The third kappa shape index (κ3) is 4.05. The average molecular weight is 351 g/mol. The molecule has 0 unspecified atom stereocenters. The smallest absolute Gasteiger partial charge is 0.242 e. The maximum atomic E-state index is 12.3. The van der Waals surface area contributed by atoms with E-state index in [9.17, 15) is 4.79 Å². The second kappa shape index (κ2) is 7.77. The monoisotopic (exact) mass is 351 g/mol. The predicted molar refractivity (Wildman–Crippen MR) is 98.4 cm³/mol. The van der Waals surface area contributed by atoms with Gasteiger partial charge in [-0.2, -0.15) is 0 Å². The van der Waals surface area contributed by atoms with Crippen molar-refractivity contribution < 1.29 is 9.21 Å². The molecule has 0 aliphatic heterocycles. The molecule has 0 bridgehead atoms. The summed E-state index contributed by atoms with van der Waals surface area (Å²) in [5.41, 5.74) is 2.58. The Hall–Kier alpha value is -3.22. The van der Waals surface area contributed by atoms with E-state index in [-0.39, 0.29) is 5.91 Å². The van der Waals surface area contributed by atoms with Gasteiger partial charge in [0.05, 0.1) is 12.8 Å².